The molecule has 1 saturated heterocycles. The van der Waals surface area contributed by atoms with Crippen molar-refractivity contribution in [2.24, 2.45) is 5.10 Å². The number of hydrogen-bond acceptors (Lipinski definition) is 5. The average molecular weight is 303 g/mol. The van der Waals surface area contributed by atoms with Crippen LogP contribution in [-0.4, -0.2) is 41.8 Å². The Bertz CT molecular complexity index is 639. The Morgan fingerprint density at radius 3 is 2.50 bits per heavy atom. The summed E-state index contributed by atoms with van der Waals surface area (Å²) in [5, 5.41) is 7.35. The molecular weight excluding hydrogens is 286 g/mol. The summed E-state index contributed by atoms with van der Waals surface area (Å²) in [6, 6.07) is 5.90. The van der Waals surface area contributed by atoms with Gasteiger partial charge in [0, 0.05) is 0 Å². The number of hydrazone groups is 1. The summed E-state index contributed by atoms with van der Waals surface area (Å²) in [5.41, 5.74) is 0.148. The van der Waals surface area contributed by atoms with E-state index in [9.17, 15) is 14.4 Å². The van der Waals surface area contributed by atoms with Gasteiger partial charge < -0.3 is 10.1 Å². The van der Waals surface area contributed by atoms with Crippen molar-refractivity contribution in [2.75, 3.05) is 7.11 Å². The van der Waals surface area contributed by atoms with E-state index in [0.717, 1.165) is 5.01 Å². The Kier molecular flexibility index (Phi) is 4.25. The lowest BCUT2D eigenvalue weighted by molar-refractivity contribution is -0.130. The number of methoxy groups -OCH3 is 1. The van der Waals surface area contributed by atoms with Crippen molar-refractivity contribution in [1.29, 1.82) is 0 Å². The SMILES string of the molecule is CCC1(C)NC(=O)N(/N=C/c2ccc(C(=O)OC)cc2)C1=O. The van der Waals surface area contributed by atoms with Crippen LogP contribution in [0, 0.1) is 0 Å². The second kappa shape index (κ2) is 5.97. The second-order valence-electron chi connectivity index (χ2n) is 5.09. The van der Waals surface area contributed by atoms with E-state index in [1.54, 1.807) is 31.2 Å². The fraction of sp³-hybridized carbons (Fsp3) is 0.333. The maximum atomic E-state index is 12.1. The third kappa shape index (κ3) is 2.83. The zero-order valence-electron chi connectivity index (χ0n) is 12.6. The molecule has 1 aromatic rings. The molecule has 0 saturated carbocycles. The van der Waals surface area contributed by atoms with Crippen LogP contribution < -0.4 is 5.32 Å². The van der Waals surface area contributed by atoms with E-state index in [0.29, 0.717) is 17.5 Å². The van der Waals surface area contributed by atoms with Gasteiger partial charge in [-0.15, -0.1) is 5.01 Å². The summed E-state index contributed by atoms with van der Waals surface area (Å²) < 4.78 is 4.60. The summed E-state index contributed by atoms with van der Waals surface area (Å²) in [7, 11) is 1.31. The zero-order valence-corrected chi connectivity index (χ0v) is 12.6. The molecule has 7 nitrogen and oxygen atoms in total. The molecule has 0 radical (unpaired) electrons. The van der Waals surface area contributed by atoms with E-state index >= 15 is 0 Å². The molecule has 116 valence electrons. The molecule has 1 fully saturated rings. The number of ether oxygens (including phenoxy) is 1. The van der Waals surface area contributed by atoms with Gasteiger partial charge in [0.15, 0.2) is 0 Å². The highest BCUT2D eigenvalue weighted by molar-refractivity contribution is 6.07. The smallest absolute Gasteiger partial charge is 0.346 e. The molecule has 22 heavy (non-hydrogen) atoms. The highest BCUT2D eigenvalue weighted by Crippen LogP contribution is 2.20. The largest absolute Gasteiger partial charge is 0.465 e. The molecule has 0 aliphatic carbocycles. The number of urea groups is 1. The summed E-state index contributed by atoms with van der Waals surface area (Å²) in [5.74, 6) is -0.821. The number of esters is 1. The van der Waals surface area contributed by atoms with Crippen molar-refractivity contribution in [2.45, 2.75) is 25.8 Å². The summed E-state index contributed by atoms with van der Waals surface area (Å²) in [6.45, 7) is 3.48. The fourth-order valence-electron chi connectivity index (χ4n) is 1.96. The number of amides is 3. The number of carbonyl (C=O) groups excluding carboxylic acids is 3. The number of hydrogen-bond donors (Lipinski definition) is 1. The van der Waals surface area contributed by atoms with Gasteiger partial charge in [-0.25, -0.2) is 9.59 Å². The van der Waals surface area contributed by atoms with Crippen LogP contribution >= 0.6 is 0 Å². The number of rotatable bonds is 4. The number of carbonyl (C=O) groups is 3. The van der Waals surface area contributed by atoms with Crippen LogP contribution in [0.3, 0.4) is 0 Å². The van der Waals surface area contributed by atoms with Gasteiger partial charge in [0.1, 0.15) is 5.54 Å². The molecule has 7 heteroatoms. The molecule has 1 N–H and O–H groups in total. The van der Waals surface area contributed by atoms with Crippen LogP contribution in [0.4, 0.5) is 4.79 Å². The summed E-state index contributed by atoms with van der Waals surface area (Å²) >= 11 is 0. The molecule has 1 aliphatic heterocycles. The third-order valence-corrected chi connectivity index (χ3v) is 3.60. The van der Waals surface area contributed by atoms with Crippen LogP contribution in [0.1, 0.15) is 36.2 Å². The molecule has 0 spiro atoms. The van der Waals surface area contributed by atoms with E-state index in [2.05, 4.69) is 15.2 Å². The minimum absolute atomic E-state index is 0.387. The predicted octanol–water partition coefficient (Wildman–Crippen LogP) is 1.53. The molecule has 1 heterocycles. The van der Waals surface area contributed by atoms with Crippen molar-refractivity contribution in [3.05, 3.63) is 35.4 Å². The number of nitrogens with one attached hydrogen (secondary N) is 1. The van der Waals surface area contributed by atoms with E-state index in [1.807, 2.05) is 6.92 Å². The van der Waals surface area contributed by atoms with Gasteiger partial charge in [-0.2, -0.15) is 5.10 Å². The van der Waals surface area contributed by atoms with Crippen molar-refractivity contribution in [1.82, 2.24) is 10.3 Å². The van der Waals surface area contributed by atoms with E-state index < -0.39 is 17.5 Å². The van der Waals surface area contributed by atoms with Gasteiger partial charge in [0.25, 0.3) is 5.91 Å². The highest BCUT2D eigenvalue weighted by atomic mass is 16.5. The zero-order chi connectivity index (χ0) is 16.3. The quantitative estimate of drug-likeness (QED) is 0.519. The standard InChI is InChI=1S/C15H17N3O4/c1-4-15(2)13(20)18(14(21)17-15)16-9-10-5-7-11(8-6-10)12(19)22-3/h5-9H,4H2,1-3H3,(H,17,21)/b16-9+. The molecule has 2 rings (SSSR count). The van der Waals surface area contributed by atoms with Crippen LogP contribution in [0.2, 0.25) is 0 Å². The lowest BCUT2D eigenvalue weighted by Crippen LogP contribution is -2.42. The first-order valence-electron chi connectivity index (χ1n) is 6.80. The van der Waals surface area contributed by atoms with Gasteiger partial charge in [-0.3, -0.25) is 4.79 Å². The van der Waals surface area contributed by atoms with Crippen LogP contribution in [0.25, 0.3) is 0 Å². The third-order valence-electron chi connectivity index (χ3n) is 3.60. The number of benzene rings is 1. The van der Waals surface area contributed by atoms with Gasteiger partial charge in [-0.05, 0) is 31.0 Å². The molecular formula is C15H17N3O4. The Labute approximate surface area is 127 Å². The summed E-state index contributed by atoms with van der Waals surface area (Å²) in [4.78, 5) is 35.2. The molecule has 1 atom stereocenters. The maximum Gasteiger partial charge on any atom is 0.346 e. The fourth-order valence-corrected chi connectivity index (χ4v) is 1.96. The van der Waals surface area contributed by atoms with Crippen molar-refractivity contribution < 1.29 is 19.1 Å². The first-order valence-corrected chi connectivity index (χ1v) is 6.80. The van der Waals surface area contributed by atoms with Crippen molar-refractivity contribution in [3.8, 4) is 0 Å². The van der Waals surface area contributed by atoms with Gasteiger partial charge in [0.05, 0.1) is 18.9 Å². The number of imide groups is 1. The minimum atomic E-state index is -0.914. The lowest BCUT2D eigenvalue weighted by atomic mass is 10.00. The topological polar surface area (TPSA) is 88.1 Å². The van der Waals surface area contributed by atoms with E-state index in [-0.39, 0.29) is 5.91 Å². The van der Waals surface area contributed by atoms with Crippen molar-refractivity contribution >= 4 is 24.1 Å². The normalized spacial score (nSPS) is 21.3. The van der Waals surface area contributed by atoms with Crippen LogP contribution in [0.15, 0.2) is 29.4 Å². The Morgan fingerprint density at radius 1 is 1.36 bits per heavy atom. The average Bonchev–Trinajstić information content (AvgIpc) is 2.75. The molecule has 3 amide bonds. The van der Waals surface area contributed by atoms with Crippen LogP contribution in [-0.2, 0) is 9.53 Å². The number of nitrogens with zero attached hydrogens (tertiary/aromatic N) is 2. The Morgan fingerprint density at radius 2 is 2.00 bits per heavy atom. The molecule has 1 aliphatic rings. The molecule has 0 bridgehead atoms. The highest BCUT2D eigenvalue weighted by Gasteiger charge is 2.46. The Hall–Kier alpha value is -2.70. The van der Waals surface area contributed by atoms with Gasteiger partial charge >= 0.3 is 12.0 Å². The minimum Gasteiger partial charge on any atom is -0.465 e. The lowest BCUT2D eigenvalue weighted by Gasteiger charge is -2.17. The molecule has 0 aromatic heterocycles. The van der Waals surface area contributed by atoms with Gasteiger partial charge in [-0.1, -0.05) is 19.1 Å². The molecule has 1 unspecified atom stereocenters. The van der Waals surface area contributed by atoms with Crippen molar-refractivity contribution in [3.63, 3.8) is 0 Å². The Balaban J connectivity index is 2.14. The first-order chi connectivity index (χ1) is 10.4. The molecule has 1 aromatic carbocycles. The van der Waals surface area contributed by atoms with E-state index in [4.69, 9.17) is 0 Å². The summed E-state index contributed by atoms with van der Waals surface area (Å²) in [6.07, 6.45) is 1.87. The first kappa shape index (κ1) is 15.7. The predicted molar refractivity (Wildman–Crippen MR) is 79.4 cm³/mol. The second-order valence-corrected chi connectivity index (χ2v) is 5.09. The van der Waals surface area contributed by atoms with E-state index in [1.165, 1.54) is 13.3 Å². The maximum absolute atomic E-state index is 12.1. The van der Waals surface area contributed by atoms with Crippen LogP contribution in [0.5, 0.6) is 0 Å². The monoisotopic (exact) mass is 303 g/mol. The van der Waals surface area contributed by atoms with Gasteiger partial charge in [0.2, 0.25) is 0 Å².